The molecule has 0 bridgehead atoms. The highest BCUT2D eigenvalue weighted by Crippen LogP contribution is 2.22. The molecule has 2 rings (SSSR count). The molecule has 0 aliphatic heterocycles. The van der Waals surface area contributed by atoms with E-state index in [0.717, 1.165) is 0 Å². The minimum atomic E-state index is -0.286. The van der Waals surface area contributed by atoms with Crippen LogP contribution >= 0.6 is 0 Å². The summed E-state index contributed by atoms with van der Waals surface area (Å²) in [5.41, 5.74) is 0.858. The van der Waals surface area contributed by atoms with Crippen molar-refractivity contribution in [2.75, 3.05) is 5.32 Å². The second kappa shape index (κ2) is 4.69. The van der Waals surface area contributed by atoms with Crippen LogP contribution in [0.1, 0.15) is 17.4 Å². The molecule has 0 radical (unpaired) electrons. The molecule has 5 heteroatoms. The number of phenolic OH excluding ortho intramolecular Hbond substituents is 1. The van der Waals surface area contributed by atoms with E-state index >= 15 is 0 Å². The SMILES string of the molecule is CCn1nccc1C(=O)Nc1ccccc1O. The quantitative estimate of drug-likeness (QED) is 0.792. The summed E-state index contributed by atoms with van der Waals surface area (Å²) in [5.74, 6) is -0.241. The van der Waals surface area contributed by atoms with E-state index in [2.05, 4.69) is 10.4 Å². The highest BCUT2D eigenvalue weighted by molar-refractivity contribution is 6.03. The summed E-state index contributed by atoms with van der Waals surface area (Å²) in [6.45, 7) is 2.53. The Bertz CT molecular complexity index is 534. The monoisotopic (exact) mass is 231 g/mol. The molecule has 0 aliphatic carbocycles. The average molecular weight is 231 g/mol. The van der Waals surface area contributed by atoms with Crippen LogP contribution in [0.3, 0.4) is 0 Å². The second-order valence-electron chi connectivity index (χ2n) is 3.50. The number of amides is 1. The number of aromatic nitrogens is 2. The maximum absolute atomic E-state index is 11.9. The van der Waals surface area contributed by atoms with Gasteiger partial charge in [-0.25, -0.2) is 0 Å². The van der Waals surface area contributed by atoms with Crippen molar-refractivity contribution in [3.63, 3.8) is 0 Å². The number of aryl methyl sites for hydroxylation is 1. The van der Waals surface area contributed by atoms with Crippen LogP contribution in [0.5, 0.6) is 5.75 Å². The van der Waals surface area contributed by atoms with Gasteiger partial charge in [0.2, 0.25) is 0 Å². The molecule has 0 aliphatic rings. The Balaban J connectivity index is 2.20. The first-order chi connectivity index (χ1) is 8.22. The topological polar surface area (TPSA) is 67.2 Å². The third-order valence-corrected chi connectivity index (χ3v) is 2.40. The molecule has 88 valence electrons. The van der Waals surface area contributed by atoms with E-state index < -0.39 is 0 Å². The number of phenols is 1. The number of nitrogens with zero attached hydrogens (tertiary/aromatic N) is 2. The summed E-state index contributed by atoms with van der Waals surface area (Å²) in [5, 5.41) is 16.2. The summed E-state index contributed by atoms with van der Waals surface area (Å²) in [6, 6.07) is 8.24. The highest BCUT2D eigenvalue weighted by Gasteiger charge is 2.12. The number of hydrogen-bond donors (Lipinski definition) is 2. The number of aromatic hydroxyl groups is 1. The predicted molar refractivity (Wildman–Crippen MR) is 64.0 cm³/mol. The molecule has 0 spiro atoms. The molecule has 1 heterocycles. The Morgan fingerprint density at radius 1 is 1.41 bits per heavy atom. The van der Waals surface area contributed by atoms with Crippen molar-refractivity contribution in [1.29, 1.82) is 0 Å². The van der Waals surface area contributed by atoms with Crippen molar-refractivity contribution >= 4 is 11.6 Å². The summed E-state index contributed by atoms with van der Waals surface area (Å²) in [4.78, 5) is 11.9. The summed E-state index contributed by atoms with van der Waals surface area (Å²) >= 11 is 0. The normalized spacial score (nSPS) is 10.2. The standard InChI is InChI=1S/C12H13N3O2/c1-2-15-10(7-8-13-15)12(17)14-9-5-3-4-6-11(9)16/h3-8,16H,2H2,1H3,(H,14,17). The molecule has 0 atom stereocenters. The molecule has 0 saturated carbocycles. The molecular formula is C12H13N3O2. The Hall–Kier alpha value is -2.30. The predicted octanol–water partition coefficient (Wildman–Crippen LogP) is 1.86. The third kappa shape index (κ3) is 2.28. The van der Waals surface area contributed by atoms with Gasteiger partial charge in [-0.2, -0.15) is 5.10 Å². The molecule has 5 nitrogen and oxygen atoms in total. The lowest BCUT2D eigenvalue weighted by Crippen LogP contribution is -2.17. The number of hydrogen-bond acceptors (Lipinski definition) is 3. The average Bonchev–Trinajstić information content (AvgIpc) is 2.80. The van der Waals surface area contributed by atoms with Crippen LogP contribution < -0.4 is 5.32 Å². The molecule has 2 N–H and O–H groups in total. The van der Waals surface area contributed by atoms with Gasteiger partial charge in [-0.3, -0.25) is 9.48 Å². The number of carbonyl (C=O) groups is 1. The van der Waals surface area contributed by atoms with E-state index in [-0.39, 0.29) is 11.7 Å². The van der Waals surface area contributed by atoms with E-state index in [1.807, 2.05) is 6.92 Å². The minimum Gasteiger partial charge on any atom is -0.506 e. The molecule has 0 saturated heterocycles. The van der Waals surface area contributed by atoms with Crippen molar-refractivity contribution in [3.8, 4) is 5.75 Å². The lowest BCUT2D eigenvalue weighted by molar-refractivity contribution is 0.101. The second-order valence-corrected chi connectivity index (χ2v) is 3.50. The van der Waals surface area contributed by atoms with E-state index in [9.17, 15) is 9.90 Å². The van der Waals surface area contributed by atoms with Crippen molar-refractivity contribution in [2.45, 2.75) is 13.5 Å². The largest absolute Gasteiger partial charge is 0.506 e. The van der Waals surface area contributed by atoms with Gasteiger partial charge in [0.15, 0.2) is 0 Å². The Morgan fingerprint density at radius 3 is 2.88 bits per heavy atom. The van der Waals surface area contributed by atoms with Crippen molar-refractivity contribution in [1.82, 2.24) is 9.78 Å². The summed E-state index contributed by atoms with van der Waals surface area (Å²) in [6.07, 6.45) is 1.57. The minimum absolute atomic E-state index is 0.0448. The van der Waals surface area contributed by atoms with Crippen molar-refractivity contribution in [3.05, 3.63) is 42.2 Å². The van der Waals surface area contributed by atoms with Gasteiger partial charge in [0.1, 0.15) is 11.4 Å². The zero-order chi connectivity index (χ0) is 12.3. The molecule has 0 unspecified atom stereocenters. The zero-order valence-corrected chi connectivity index (χ0v) is 9.42. The Labute approximate surface area is 98.7 Å². The lowest BCUT2D eigenvalue weighted by Gasteiger charge is -2.07. The lowest BCUT2D eigenvalue weighted by atomic mass is 10.3. The van der Waals surface area contributed by atoms with Gasteiger partial charge in [0.25, 0.3) is 5.91 Å². The van der Waals surface area contributed by atoms with Crippen molar-refractivity contribution < 1.29 is 9.90 Å². The number of anilines is 1. The number of benzene rings is 1. The number of carbonyl (C=O) groups excluding carboxylic acids is 1. The van der Waals surface area contributed by atoms with Crippen LogP contribution in [0.4, 0.5) is 5.69 Å². The zero-order valence-electron chi connectivity index (χ0n) is 9.42. The molecule has 1 aromatic carbocycles. The fourth-order valence-electron chi connectivity index (χ4n) is 1.54. The summed E-state index contributed by atoms with van der Waals surface area (Å²) in [7, 11) is 0. The van der Waals surface area contributed by atoms with Gasteiger partial charge in [-0.1, -0.05) is 12.1 Å². The Morgan fingerprint density at radius 2 is 2.18 bits per heavy atom. The molecule has 17 heavy (non-hydrogen) atoms. The first kappa shape index (κ1) is 11.2. The van der Waals surface area contributed by atoms with Crippen LogP contribution in [0, 0.1) is 0 Å². The number of rotatable bonds is 3. The van der Waals surface area contributed by atoms with Crippen LogP contribution in [0.2, 0.25) is 0 Å². The third-order valence-electron chi connectivity index (χ3n) is 2.40. The van der Waals surface area contributed by atoms with E-state index in [1.165, 1.54) is 6.07 Å². The van der Waals surface area contributed by atoms with Gasteiger partial charge in [0.05, 0.1) is 5.69 Å². The molecular weight excluding hydrogens is 218 g/mol. The van der Waals surface area contributed by atoms with Gasteiger partial charge >= 0.3 is 0 Å². The number of nitrogens with one attached hydrogen (secondary N) is 1. The first-order valence-corrected chi connectivity index (χ1v) is 5.33. The van der Waals surface area contributed by atoms with E-state index in [4.69, 9.17) is 0 Å². The van der Waals surface area contributed by atoms with E-state index in [1.54, 1.807) is 35.1 Å². The smallest absolute Gasteiger partial charge is 0.274 e. The number of para-hydroxylation sites is 2. The highest BCUT2D eigenvalue weighted by atomic mass is 16.3. The van der Waals surface area contributed by atoms with Crippen LogP contribution in [0.15, 0.2) is 36.5 Å². The molecule has 0 fully saturated rings. The maximum atomic E-state index is 11.9. The van der Waals surface area contributed by atoms with Crippen molar-refractivity contribution in [2.24, 2.45) is 0 Å². The van der Waals surface area contributed by atoms with Gasteiger partial charge in [-0.15, -0.1) is 0 Å². The summed E-state index contributed by atoms with van der Waals surface area (Å²) < 4.78 is 1.59. The Kier molecular flexibility index (Phi) is 3.09. The fourth-order valence-corrected chi connectivity index (χ4v) is 1.54. The first-order valence-electron chi connectivity index (χ1n) is 5.33. The van der Waals surface area contributed by atoms with Gasteiger partial charge < -0.3 is 10.4 Å². The molecule has 1 amide bonds. The van der Waals surface area contributed by atoms with E-state index in [0.29, 0.717) is 17.9 Å². The van der Waals surface area contributed by atoms with Crippen LogP contribution in [-0.2, 0) is 6.54 Å². The van der Waals surface area contributed by atoms with Crippen LogP contribution in [-0.4, -0.2) is 20.8 Å². The van der Waals surface area contributed by atoms with Gasteiger partial charge in [0, 0.05) is 12.7 Å². The maximum Gasteiger partial charge on any atom is 0.274 e. The molecule has 2 aromatic rings. The van der Waals surface area contributed by atoms with Gasteiger partial charge in [-0.05, 0) is 25.1 Å². The molecule has 1 aromatic heterocycles. The van der Waals surface area contributed by atoms with Crippen LogP contribution in [0.25, 0.3) is 0 Å². The fraction of sp³-hybridized carbons (Fsp3) is 0.167.